The van der Waals surface area contributed by atoms with E-state index in [1.54, 1.807) is 6.07 Å². The third-order valence-electron chi connectivity index (χ3n) is 3.20. The second-order valence-corrected chi connectivity index (χ2v) is 7.63. The van der Waals surface area contributed by atoms with Crippen LogP contribution in [0.15, 0.2) is 12.4 Å². The summed E-state index contributed by atoms with van der Waals surface area (Å²) >= 11 is 1.38. The van der Waals surface area contributed by atoms with Crippen LogP contribution < -0.4 is 10.6 Å². The van der Waals surface area contributed by atoms with Gasteiger partial charge in [0, 0.05) is 10.3 Å². The van der Waals surface area contributed by atoms with Crippen LogP contribution in [0.3, 0.4) is 0 Å². The first-order valence-corrected chi connectivity index (χ1v) is 8.08. The number of thiophene rings is 1. The molecule has 0 spiro atoms. The number of aromatic amines is 1. The van der Waals surface area contributed by atoms with Crippen molar-refractivity contribution in [3.63, 3.8) is 0 Å². The Balaban J connectivity index is 2.16. The van der Waals surface area contributed by atoms with E-state index in [9.17, 15) is 9.59 Å². The van der Waals surface area contributed by atoms with Crippen molar-refractivity contribution in [1.82, 2.24) is 20.5 Å². The Labute approximate surface area is 138 Å². The molecule has 0 bridgehead atoms. The standard InChI is InChI=1S/C15H21N5O2S/c1-8-6-10(13(23-8)19-14(22)15(3,4)5)12(21)18-9(2)11-16-7-17-20-11/h6-7,9H,1-5H3,(H,18,21)(H,19,22)(H,16,17,20). The van der Waals surface area contributed by atoms with Crippen molar-refractivity contribution in [2.45, 2.75) is 40.7 Å². The summed E-state index contributed by atoms with van der Waals surface area (Å²) in [6.45, 7) is 9.19. The van der Waals surface area contributed by atoms with Crippen LogP contribution in [0.2, 0.25) is 0 Å². The van der Waals surface area contributed by atoms with Crippen molar-refractivity contribution in [3.8, 4) is 0 Å². The van der Waals surface area contributed by atoms with E-state index in [1.165, 1.54) is 17.7 Å². The fourth-order valence-electron chi connectivity index (χ4n) is 1.83. The summed E-state index contributed by atoms with van der Waals surface area (Å²) in [5.74, 6) is 0.185. The van der Waals surface area contributed by atoms with Crippen LogP contribution in [0.4, 0.5) is 5.00 Å². The summed E-state index contributed by atoms with van der Waals surface area (Å²) in [7, 11) is 0. The SMILES string of the molecule is Cc1cc(C(=O)NC(C)c2ncn[nH]2)c(NC(=O)C(C)(C)C)s1. The number of carbonyl (C=O) groups is 2. The molecule has 0 aliphatic carbocycles. The van der Waals surface area contributed by atoms with Gasteiger partial charge in [-0.15, -0.1) is 11.3 Å². The van der Waals surface area contributed by atoms with Crippen molar-refractivity contribution in [1.29, 1.82) is 0 Å². The van der Waals surface area contributed by atoms with Crippen LogP contribution in [0.25, 0.3) is 0 Å². The Morgan fingerprint density at radius 3 is 2.61 bits per heavy atom. The van der Waals surface area contributed by atoms with Gasteiger partial charge in [-0.3, -0.25) is 14.7 Å². The molecule has 1 atom stereocenters. The number of nitrogens with one attached hydrogen (secondary N) is 3. The van der Waals surface area contributed by atoms with Gasteiger partial charge < -0.3 is 10.6 Å². The smallest absolute Gasteiger partial charge is 0.254 e. The highest BCUT2D eigenvalue weighted by Gasteiger charge is 2.25. The number of rotatable bonds is 4. The van der Waals surface area contributed by atoms with Crippen LogP contribution in [0.1, 0.15) is 54.8 Å². The molecular weight excluding hydrogens is 314 g/mol. The molecule has 124 valence electrons. The summed E-state index contributed by atoms with van der Waals surface area (Å²) in [5, 5.41) is 12.7. The van der Waals surface area contributed by atoms with E-state index < -0.39 is 5.41 Å². The van der Waals surface area contributed by atoms with Gasteiger partial charge in [0.2, 0.25) is 5.91 Å². The number of amides is 2. The molecule has 0 fully saturated rings. The first-order chi connectivity index (χ1) is 10.7. The summed E-state index contributed by atoms with van der Waals surface area (Å²) in [4.78, 5) is 29.6. The highest BCUT2D eigenvalue weighted by atomic mass is 32.1. The van der Waals surface area contributed by atoms with Gasteiger partial charge >= 0.3 is 0 Å². The van der Waals surface area contributed by atoms with Gasteiger partial charge in [0.1, 0.15) is 17.2 Å². The highest BCUT2D eigenvalue weighted by Crippen LogP contribution is 2.29. The van der Waals surface area contributed by atoms with E-state index >= 15 is 0 Å². The molecule has 3 N–H and O–H groups in total. The van der Waals surface area contributed by atoms with Crippen LogP contribution >= 0.6 is 11.3 Å². The molecule has 0 saturated heterocycles. The topological polar surface area (TPSA) is 99.8 Å². The number of hydrogen-bond acceptors (Lipinski definition) is 5. The number of H-pyrrole nitrogens is 1. The predicted molar refractivity (Wildman–Crippen MR) is 89.4 cm³/mol. The van der Waals surface area contributed by atoms with Gasteiger partial charge in [-0.2, -0.15) is 5.10 Å². The van der Waals surface area contributed by atoms with E-state index in [0.717, 1.165) is 4.88 Å². The number of aromatic nitrogens is 3. The molecule has 2 amide bonds. The van der Waals surface area contributed by atoms with E-state index in [2.05, 4.69) is 25.8 Å². The Morgan fingerprint density at radius 1 is 1.35 bits per heavy atom. The molecule has 0 aliphatic rings. The molecule has 0 saturated carbocycles. The van der Waals surface area contributed by atoms with Gasteiger partial charge in [0.15, 0.2) is 0 Å². The van der Waals surface area contributed by atoms with Gasteiger partial charge in [0.25, 0.3) is 5.91 Å². The minimum Gasteiger partial charge on any atom is -0.342 e. The van der Waals surface area contributed by atoms with Crippen molar-refractivity contribution in [3.05, 3.63) is 28.7 Å². The lowest BCUT2D eigenvalue weighted by Crippen LogP contribution is -2.30. The van der Waals surface area contributed by atoms with Crippen LogP contribution in [-0.4, -0.2) is 27.0 Å². The Kier molecular flexibility index (Phi) is 4.84. The van der Waals surface area contributed by atoms with Crippen molar-refractivity contribution in [2.75, 3.05) is 5.32 Å². The molecule has 23 heavy (non-hydrogen) atoms. The third kappa shape index (κ3) is 4.16. The summed E-state index contributed by atoms with van der Waals surface area (Å²) in [6, 6.07) is 1.46. The Bertz CT molecular complexity index is 700. The zero-order chi connectivity index (χ0) is 17.2. The molecule has 0 aromatic carbocycles. The van der Waals surface area contributed by atoms with E-state index in [4.69, 9.17) is 0 Å². The normalized spacial score (nSPS) is 12.7. The maximum atomic E-state index is 12.5. The van der Waals surface area contributed by atoms with Crippen molar-refractivity contribution >= 4 is 28.2 Å². The molecule has 7 nitrogen and oxygen atoms in total. The predicted octanol–water partition coefficient (Wildman–Crippen LogP) is 2.65. The van der Waals surface area contributed by atoms with Gasteiger partial charge in [-0.25, -0.2) is 4.98 Å². The average molecular weight is 335 g/mol. The number of hydrogen-bond donors (Lipinski definition) is 3. The molecule has 0 aliphatic heterocycles. The van der Waals surface area contributed by atoms with Gasteiger partial charge in [-0.05, 0) is 19.9 Å². The van der Waals surface area contributed by atoms with Crippen molar-refractivity contribution < 1.29 is 9.59 Å². The first kappa shape index (κ1) is 17.1. The third-order valence-corrected chi connectivity index (χ3v) is 4.17. The second-order valence-electron chi connectivity index (χ2n) is 6.37. The van der Waals surface area contributed by atoms with Crippen LogP contribution in [0, 0.1) is 12.3 Å². The molecule has 2 heterocycles. The monoisotopic (exact) mass is 335 g/mol. The lowest BCUT2D eigenvalue weighted by atomic mass is 9.96. The maximum absolute atomic E-state index is 12.5. The van der Waals surface area contributed by atoms with Crippen LogP contribution in [0.5, 0.6) is 0 Å². The highest BCUT2D eigenvalue weighted by molar-refractivity contribution is 7.16. The van der Waals surface area contributed by atoms with Gasteiger partial charge in [0.05, 0.1) is 11.6 Å². The number of anilines is 1. The Morgan fingerprint density at radius 2 is 2.04 bits per heavy atom. The lowest BCUT2D eigenvalue weighted by molar-refractivity contribution is -0.123. The van der Waals surface area contributed by atoms with Crippen molar-refractivity contribution in [2.24, 2.45) is 5.41 Å². The fourth-order valence-corrected chi connectivity index (χ4v) is 2.74. The molecule has 2 aromatic heterocycles. The molecule has 2 rings (SSSR count). The maximum Gasteiger partial charge on any atom is 0.254 e. The zero-order valence-corrected chi connectivity index (χ0v) is 14.7. The molecule has 2 aromatic rings. The fraction of sp³-hybridized carbons (Fsp3) is 0.467. The number of carbonyl (C=O) groups excluding carboxylic acids is 2. The minimum atomic E-state index is -0.529. The lowest BCUT2D eigenvalue weighted by Gasteiger charge is -2.18. The number of nitrogens with zero attached hydrogens (tertiary/aromatic N) is 2. The summed E-state index contributed by atoms with van der Waals surface area (Å²) in [5.41, 5.74) is -0.0739. The first-order valence-electron chi connectivity index (χ1n) is 7.26. The van der Waals surface area contributed by atoms with E-state index in [-0.39, 0.29) is 17.9 Å². The summed E-state index contributed by atoms with van der Waals surface area (Å²) in [6.07, 6.45) is 1.39. The van der Waals surface area contributed by atoms with Gasteiger partial charge in [-0.1, -0.05) is 20.8 Å². The molecular formula is C15H21N5O2S. The zero-order valence-electron chi connectivity index (χ0n) is 13.9. The van der Waals surface area contributed by atoms with Crippen LogP contribution in [-0.2, 0) is 4.79 Å². The Hall–Kier alpha value is -2.22. The van der Waals surface area contributed by atoms with E-state index in [1.807, 2.05) is 34.6 Å². The molecule has 8 heteroatoms. The molecule has 0 radical (unpaired) electrons. The summed E-state index contributed by atoms with van der Waals surface area (Å²) < 4.78 is 0. The molecule has 1 unspecified atom stereocenters. The average Bonchev–Trinajstić information content (AvgIpc) is 3.07. The largest absolute Gasteiger partial charge is 0.342 e. The minimum absolute atomic E-state index is 0.128. The quantitative estimate of drug-likeness (QED) is 0.799. The van der Waals surface area contributed by atoms with E-state index in [0.29, 0.717) is 16.4 Å². The second kappa shape index (κ2) is 6.49. The number of aryl methyl sites for hydroxylation is 1.